The minimum Gasteiger partial charge on any atom is -0.439 e. The van der Waals surface area contributed by atoms with E-state index in [-0.39, 0.29) is 17.9 Å². The van der Waals surface area contributed by atoms with Crippen molar-refractivity contribution in [3.8, 4) is 0 Å². The van der Waals surface area contributed by atoms with E-state index in [4.69, 9.17) is 4.42 Å². The zero-order valence-corrected chi connectivity index (χ0v) is 15.0. The van der Waals surface area contributed by atoms with Crippen molar-refractivity contribution >= 4 is 17.0 Å². The van der Waals surface area contributed by atoms with Gasteiger partial charge in [-0.1, -0.05) is 26.8 Å². The number of carbonyl (C=O) groups excluding carboxylic acids is 1. The van der Waals surface area contributed by atoms with Crippen LogP contribution < -0.4 is 5.32 Å². The van der Waals surface area contributed by atoms with Crippen LogP contribution in [0.3, 0.4) is 0 Å². The molecule has 2 heterocycles. The van der Waals surface area contributed by atoms with Gasteiger partial charge in [0, 0.05) is 19.9 Å². The van der Waals surface area contributed by atoms with Gasteiger partial charge in [0.25, 0.3) is 0 Å². The van der Waals surface area contributed by atoms with E-state index in [0.717, 1.165) is 16.9 Å². The Labute approximate surface area is 146 Å². The Kier molecular flexibility index (Phi) is 4.57. The third kappa shape index (κ3) is 4.04. The number of oxazole rings is 1. The van der Waals surface area contributed by atoms with Crippen molar-refractivity contribution in [2.45, 2.75) is 45.6 Å². The van der Waals surface area contributed by atoms with E-state index in [9.17, 15) is 4.79 Å². The summed E-state index contributed by atoms with van der Waals surface area (Å²) in [6, 6.07) is 6.03. The molecule has 7 heteroatoms. The van der Waals surface area contributed by atoms with Gasteiger partial charge < -0.3 is 14.3 Å². The number of rotatable bonds is 5. The normalized spacial score (nSPS) is 11.8. The average molecular weight is 341 g/mol. The maximum Gasteiger partial charge on any atom is 0.220 e. The van der Waals surface area contributed by atoms with Gasteiger partial charge >= 0.3 is 0 Å². The number of fused-ring (bicyclic) bond motifs is 1. The van der Waals surface area contributed by atoms with E-state index in [0.29, 0.717) is 18.7 Å². The average Bonchev–Trinajstić information content (AvgIpc) is 3.14. The third-order valence-corrected chi connectivity index (χ3v) is 4.12. The third-order valence-electron chi connectivity index (χ3n) is 4.12. The van der Waals surface area contributed by atoms with Crippen LogP contribution in [0, 0.1) is 0 Å². The molecule has 0 aliphatic heterocycles. The maximum atomic E-state index is 12.0. The SMILES string of the molecule is Cn1cnnc1CCC(=O)NCc1nc2cc(C(C)(C)C)ccc2o1. The highest BCUT2D eigenvalue weighted by atomic mass is 16.3. The number of carbonyl (C=O) groups is 1. The number of hydrogen-bond acceptors (Lipinski definition) is 5. The van der Waals surface area contributed by atoms with Gasteiger partial charge in [0.05, 0.1) is 6.54 Å². The van der Waals surface area contributed by atoms with Gasteiger partial charge in [-0.15, -0.1) is 10.2 Å². The van der Waals surface area contributed by atoms with Gasteiger partial charge in [-0.05, 0) is 23.1 Å². The molecule has 0 bridgehead atoms. The summed E-state index contributed by atoms with van der Waals surface area (Å²) in [5.74, 6) is 1.22. The first-order chi connectivity index (χ1) is 11.8. The van der Waals surface area contributed by atoms with Crippen LogP contribution in [0.4, 0.5) is 0 Å². The molecular formula is C18H23N5O2. The predicted molar refractivity (Wildman–Crippen MR) is 93.9 cm³/mol. The summed E-state index contributed by atoms with van der Waals surface area (Å²) in [5, 5.41) is 10.6. The Bertz CT molecular complexity index is 888. The molecule has 2 aromatic heterocycles. The lowest BCUT2D eigenvalue weighted by molar-refractivity contribution is -0.121. The van der Waals surface area contributed by atoms with Gasteiger partial charge in [0.1, 0.15) is 17.7 Å². The molecule has 1 N–H and O–H groups in total. The van der Waals surface area contributed by atoms with E-state index < -0.39 is 0 Å². The van der Waals surface area contributed by atoms with Crippen LogP contribution in [-0.4, -0.2) is 25.7 Å². The molecule has 0 aliphatic carbocycles. The number of nitrogens with one attached hydrogen (secondary N) is 1. The summed E-state index contributed by atoms with van der Waals surface area (Å²) in [4.78, 5) is 16.5. The summed E-state index contributed by atoms with van der Waals surface area (Å²) in [6.07, 6.45) is 2.52. The van der Waals surface area contributed by atoms with Gasteiger partial charge in [0.2, 0.25) is 11.8 Å². The van der Waals surface area contributed by atoms with Crippen LogP contribution in [-0.2, 0) is 30.2 Å². The molecule has 0 spiro atoms. The lowest BCUT2D eigenvalue weighted by atomic mass is 9.87. The van der Waals surface area contributed by atoms with Gasteiger partial charge in [-0.3, -0.25) is 4.79 Å². The van der Waals surface area contributed by atoms with Crippen LogP contribution in [0.1, 0.15) is 44.5 Å². The largest absolute Gasteiger partial charge is 0.439 e. The molecule has 1 amide bonds. The zero-order valence-electron chi connectivity index (χ0n) is 15.0. The van der Waals surface area contributed by atoms with Crippen LogP contribution in [0.2, 0.25) is 0 Å². The summed E-state index contributed by atoms with van der Waals surface area (Å²) < 4.78 is 7.51. The Morgan fingerprint density at radius 1 is 1.32 bits per heavy atom. The van der Waals surface area contributed by atoms with E-state index in [1.54, 1.807) is 10.9 Å². The molecule has 1 aromatic carbocycles. The van der Waals surface area contributed by atoms with E-state index in [1.165, 1.54) is 5.56 Å². The Balaban J connectivity index is 1.59. The fraction of sp³-hybridized carbons (Fsp3) is 0.444. The first kappa shape index (κ1) is 17.1. The quantitative estimate of drug-likeness (QED) is 0.770. The van der Waals surface area contributed by atoms with Gasteiger partial charge in [0.15, 0.2) is 5.58 Å². The molecule has 132 valence electrons. The second kappa shape index (κ2) is 6.66. The topological polar surface area (TPSA) is 85.8 Å². The Morgan fingerprint density at radius 3 is 2.80 bits per heavy atom. The van der Waals surface area contributed by atoms with Crippen molar-refractivity contribution in [2.75, 3.05) is 0 Å². The van der Waals surface area contributed by atoms with Crippen molar-refractivity contribution < 1.29 is 9.21 Å². The smallest absolute Gasteiger partial charge is 0.220 e. The van der Waals surface area contributed by atoms with E-state index >= 15 is 0 Å². The number of hydrogen-bond donors (Lipinski definition) is 1. The standard InChI is InChI=1S/C18H23N5O2/c1-18(2,3)12-5-6-14-13(9-12)21-17(25-14)10-19-16(24)8-7-15-22-20-11-23(15)4/h5-6,9,11H,7-8,10H2,1-4H3,(H,19,24). The number of benzene rings is 1. The van der Waals surface area contributed by atoms with Crippen molar-refractivity contribution in [3.05, 3.63) is 41.8 Å². The predicted octanol–water partition coefficient (Wildman–Crippen LogP) is 2.50. The fourth-order valence-corrected chi connectivity index (χ4v) is 2.54. The van der Waals surface area contributed by atoms with Crippen LogP contribution in [0.25, 0.3) is 11.1 Å². The molecule has 0 aliphatic rings. The molecule has 0 unspecified atom stereocenters. The molecule has 0 saturated carbocycles. The monoisotopic (exact) mass is 341 g/mol. The first-order valence-electron chi connectivity index (χ1n) is 8.32. The Morgan fingerprint density at radius 2 is 2.12 bits per heavy atom. The van der Waals surface area contributed by atoms with E-state index in [1.807, 2.05) is 19.2 Å². The summed E-state index contributed by atoms with van der Waals surface area (Å²) in [6.45, 7) is 6.75. The fourth-order valence-electron chi connectivity index (χ4n) is 2.54. The summed E-state index contributed by atoms with van der Waals surface area (Å²) >= 11 is 0. The summed E-state index contributed by atoms with van der Waals surface area (Å²) in [7, 11) is 1.86. The minimum atomic E-state index is -0.0689. The highest BCUT2D eigenvalue weighted by Gasteiger charge is 2.16. The molecule has 0 radical (unpaired) electrons. The van der Waals surface area contributed by atoms with Crippen molar-refractivity contribution in [1.29, 1.82) is 0 Å². The molecule has 0 fully saturated rings. The first-order valence-corrected chi connectivity index (χ1v) is 8.32. The second-order valence-electron chi connectivity index (χ2n) is 7.17. The minimum absolute atomic E-state index is 0.0569. The molecule has 0 atom stereocenters. The molecule has 25 heavy (non-hydrogen) atoms. The zero-order chi connectivity index (χ0) is 18.0. The second-order valence-corrected chi connectivity index (χ2v) is 7.17. The lowest BCUT2D eigenvalue weighted by Crippen LogP contribution is -2.23. The van der Waals surface area contributed by atoms with Crippen molar-refractivity contribution in [2.24, 2.45) is 7.05 Å². The Hall–Kier alpha value is -2.70. The lowest BCUT2D eigenvalue weighted by Gasteiger charge is -2.18. The summed E-state index contributed by atoms with van der Waals surface area (Å²) in [5.41, 5.74) is 2.81. The van der Waals surface area contributed by atoms with Gasteiger partial charge in [-0.2, -0.15) is 0 Å². The maximum absolute atomic E-state index is 12.0. The number of nitrogens with zero attached hydrogens (tertiary/aromatic N) is 4. The van der Waals surface area contributed by atoms with Crippen molar-refractivity contribution in [1.82, 2.24) is 25.1 Å². The molecule has 3 aromatic rings. The molecule has 0 saturated heterocycles. The number of amides is 1. The van der Waals surface area contributed by atoms with Crippen LogP contribution >= 0.6 is 0 Å². The van der Waals surface area contributed by atoms with Gasteiger partial charge in [-0.25, -0.2) is 4.98 Å². The van der Waals surface area contributed by atoms with Crippen LogP contribution in [0.15, 0.2) is 28.9 Å². The van der Waals surface area contributed by atoms with Crippen LogP contribution in [0.5, 0.6) is 0 Å². The molecule has 3 rings (SSSR count). The highest BCUT2D eigenvalue weighted by molar-refractivity contribution is 5.76. The molecular weight excluding hydrogens is 318 g/mol. The van der Waals surface area contributed by atoms with Crippen molar-refractivity contribution in [3.63, 3.8) is 0 Å². The number of aromatic nitrogens is 4. The number of aryl methyl sites for hydroxylation is 2. The molecule has 7 nitrogen and oxygen atoms in total. The highest BCUT2D eigenvalue weighted by Crippen LogP contribution is 2.26. The van der Waals surface area contributed by atoms with E-state index in [2.05, 4.69) is 47.3 Å².